The van der Waals surface area contributed by atoms with Gasteiger partial charge in [0.15, 0.2) is 0 Å². The third-order valence-electron chi connectivity index (χ3n) is 4.62. The highest BCUT2D eigenvalue weighted by Gasteiger charge is 2.26. The third-order valence-corrected chi connectivity index (χ3v) is 5.86. The van der Waals surface area contributed by atoms with Crippen molar-refractivity contribution in [2.75, 3.05) is 14.2 Å². The van der Waals surface area contributed by atoms with E-state index in [1.54, 1.807) is 19.4 Å². The van der Waals surface area contributed by atoms with E-state index in [-0.39, 0.29) is 0 Å². The molecule has 1 atom stereocenters. The topological polar surface area (TPSA) is 48.4 Å². The standard InChI is InChI=1S/C18H20BrNO3/c1-22-16-8-7-12(17(19)11-5-3-4-6-11)14-10-20-15(9-13(14)16)18(21)23-2/h7-11,17H,3-6H2,1-2H3. The molecule has 0 radical (unpaired) electrons. The first-order chi connectivity index (χ1) is 11.2. The molecule has 0 bridgehead atoms. The van der Waals surface area contributed by atoms with Gasteiger partial charge in [0.25, 0.3) is 0 Å². The molecule has 122 valence electrons. The van der Waals surface area contributed by atoms with Gasteiger partial charge < -0.3 is 9.47 Å². The maximum atomic E-state index is 11.7. The fourth-order valence-electron chi connectivity index (χ4n) is 3.37. The number of hydrogen-bond acceptors (Lipinski definition) is 4. The number of pyridine rings is 1. The van der Waals surface area contributed by atoms with Gasteiger partial charge in [-0.1, -0.05) is 34.8 Å². The monoisotopic (exact) mass is 377 g/mol. The molecule has 1 aromatic heterocycles. The number of alkyl halides is 1. The van der Waals surface area contributed by atoms with Crippen molar-refractivity contribution < 1.29 is 14.3 Å². The van der Waals surface area contributed by atoms with Crippen LogP contribution in [0.2, 0.25) is 0 Å². The summed E-state index contributed by atoms with van der Waals surface area (Å²) in [4.78, 5) is 16.3. The molecule has 1 aliphatic rings. The molecule has 1 aromatic carbocycles. The van der Waals surface area contributed by atoms with E-state index < -0.39 is 5.97 Å². The number of esters is 1. The lowest BCUT2D eigenvalue weighted by Crippen LogP contribution is -2.07. The first-order valence-electron chi connectivity index (χ1n) is 7.84. The molecule has 1 fully saturated rings. The average molecular weight is 378 g/mol. The van der Waals surface area contributed by atoms with E-state index in [1.807, 2.05) is 6.07 Å². The molecular formula is C18H20BrNO3. The molecule has 0 spiro atoms. The molecule has 1 saturated carbocycles. The normalized spacial score (nSPS) is 16.5. The molecule has 1 aliphatic carbocycles. The number of halogens is 1. The van der Waals surface area contributed by atoms with Gasteiger partial charge in [0.1, 0.15) is 11.4 Å². The fourth-order valence-corrected chi connectivity index (χ4v) is 4.30. The van der Waals surface area contributed by atoms with Crippen LogP contribution in [0.5, 0.6) is 5.75 Å². The quantitative estimate of drug-likeness (QED) is 0.574. The highest BCUT2D eigenvalue weighted by molar-refractivity contribution is 9.09. The Hall–Kier alpha value is -1.62. The molecule has 1 unspecified atom stereocenters. The highest BCUT2D eigenvalue weighted by Crippen LogP contribution is 2.44. The Morgan fingerprint density at radius 1 is 1.26 bits per heavy atom. The second kappa shape index (κ2) is 6.87. The number of fused-ring (bicyclic) bond motifs is 1. The lowest BCUT2D eigenvalue weighted by molar-refractivity contribution is 0.0594. The minimum Gasteiger partial charge on any atom is -0.496 e. The number of carbonyl (C=O) groups is 1. The van der Waals surface area contributed by atoms with Crippen molar-refractivity contribution in [3.05, 3.63) is 35.7 Å². The SMILES string of the molecule is COC(=O)c1cc2c(OC)ccc(C(Br)C3CCCC3)c2cn1. The largest absolute Gasteiger partial charge is 0.496 e. The minimum absolute atomic E-state index is 0.294. The maximum Gasteiger partial charge on any atom is 0.356 e. The molecular weight excluding hydrogens is 358 g/mol. The maximum absolute atomic E-state index is 11.7. The van der Waals surface area contributed by atoms with E-state index in [9.17, 15) is 4.79 Å². The van der Waals surface area contributed by atoms with Crippen molar-refractivity contribution in [3.63, 3.8) is 0 Å². The Labute approximate surface area is 144 Å². The molecule has 1 heterocycles. The Balaban J connectivity index is 2.11. The van der Waals surface area contributed by atoms with Gasteiger partial charge in [0, 0.05) is 21.8 Å². The van der Waals surface area contributed by atoms with Crippen LogP contribution in [-0.4, -0.2) is 25.2 Å². The van der Waals surface area contributed by atoms with Crippen molar-refractivity contribution in [1.29, 1.82) is 0 Å². The summed E-state index contributed by atoms with van der Waals surface area (Å²) in [5.74, 6) is 0.944. The Morgan fingerprint density at radius 2 is 2.00 bits per heavy atom. The summed E-state index contributed by atoms with van der Waals surface area (Å²) in [7, 11) is 2.99. The molecule has 5 heteroatoms. The van der Waals surface area contributed by atoms with Gasteiger partial charge in [-0.15, -0.1) is 0 Å². The van der Waals surface area contributed by atoms with Crippen LogP contribution in [0.3, 0.4) is 0 Å². The molecule has 0 amide bonds. The summed E-state index contributed by atoms with van der Waals surface area (Å²) in [5, 5.41) is 1.91. The van der Waals surface area contributed by atoms with Crippen molar-refractivity contribution in [1.82, 2.24) is 4.98 Å². The Bertz CT molecular complexity index is 726. The smallest absolute Gasteiger partial charge is 0.356 e. The van der Waals surface area contributed by atoms with Gasteiger partial charge in [-0.3, -0.25) is 0 Å². The first kappa shape index (κ1) is 16.2. The second-order valence-electron chi connectivity index (χ2n) is 5.91. The summed E-state index contributed by atoms with van der Waals surface area (Å²) in [6.45, 7) is 0. The van der Waals surface area contributed by atoms with Gasteiger partial charge in [-0.25, -0.2) is 9.78 Å². The Kier molecular flexibility index (Phi) is 4.85. The molecule has 4 nitrogen and oxygen atoms in total. The number of methoxy groups -OCH3 is 2. The van der Waals surface area contributed by atoms with Crippen LogP contribution in [0.25, 0.3) is 10.8 Å². The van der Waals surface area contributed by atoms with Crippen LogP contribution in [0.4, 0.5) is 0 Å². The number of benzene rings is 1. The van der Waals surface area contributed by atoms with Gasteiger partial charge in [-0.2, -0.15) is 0 Å². The van der Waals surface area contributed by atoms with Crippen LogP contribution < -0.4 is 4.74 Å². The lowest BCUT2D eigenvalue weighted by Gasteiger charge is -2.20. The number of ether oxygens (including phenoxy) is 2. The Morgan fingerprint density at radius 3 is 2.65 bits per heavy atom. The zero-order valence-electron chi connectivity index (χ0n) is 13.3. The number of carbonyl (C=O) groups excluding carboxylic acids is 1. The summed E-state index contributed by atoms with van der Waals surface area (Å²) in [6, 6.07) is 5.80. The average Bonchev–Trinajstić information content (AvgIpc) is 3.13. The summed E-state index contributed by atoms with van der Waals surface area (Å²) < 4.78 is 10.2. The van der Waals surface area contributed by atoms with Crippen LogP contribution in [-0.2, 0) is 4.74 Å². The molecule has 3 rings (SSSR count). The molecule has 0 N–H and O–H groups in total. The number of hydrogen-bond donors (Lipinski definition) is 0. The van der Waals surface area contributed by atoms with E-state index >= 15 is 0 Å². The van der Waals surface area contributed by atoms with Crippen molar-refractivity contribution in [2.45, 2.75) is 30.5 Å². The number of aromatic nitrogens is 1. The fraction of sp³-hybridized carbons (Fsp3) is 0.444. The van der Waals surface area contributed by atoms with Gasteiger partial charge in [-0.05, 0) is 36.5 Å². The zero-order valence-corrected chi connectivity index (χ0v) is 14.9. The lowest BCUT2D eigenvalue weighted by atomic mass is 9.94. The van der Waals surface area contributed by atoms with Gasteiger partial charge >= 0.3 is 5.97 Å². The van der Waals surface area contributed by atoms with E-state index in [4.69, 9.17) is 9.47 Å². The van der Waals surface area contributed by atoms with Gasteiger partial charge in [0.05, 0.1) is 14.2 Å². The second-order valence-corrected chi connectivity index (χ2v) is 6.90. The van der Waals surface area contributed by atoms with E-state index in [0.29, 0.717) is 16.4 Å². The van der Waals surface area contributed by atoms with Crippen LogP contribution in [0, 0.1) is 5.92 Å². The molecule has 2 aromatic rings. The predicted molar refractivity (Wildman–Crippen MR) is 93.3 cm³/mol. The molecule has 23 heavy (non-hydrogen) atoms. The predicted octanol–water partition coefficient (Wildman–Crippen LogP) is 4.66. The van der Waals surface area contributed by atoms with Crippen LogP contribution in [0.15, 0.2) is 24.4 Å². The number of nitrogens with zero attached hydrogens (tertiary/aromatic N) is 1. The zero-order chi connectivity index (χ0) is 16.4. The van der Waals surface area contributed by atoms with Crippen LogP contribution >= 0.6 is 15.9 Å². The highest BCUT2D eigenvalue weighted by atomic mass is 79.9. The summed E-state index contributed by atoms with van der Waals surface area (Å²) in [5.41, 5.74) is 1.50. The van der Waals surface area contributed by atoms with E-state index in [1.165, 1.54) is 38.4 Å². The van der Waals surface area contributed by atoms with Crippen molar-refractivity contribution in [3.8, 4) is 5.75 Å². The van der Waals surface area contributed by atoms with Crippen molar-refractivity contribution >= 4 is 32.7 Å². The molecule has 0 saturated heterocycles. The van der Waals surface area contributed by atoms with Crippen LogP contribution in [0.1, 0.15) is 46.6 Å². The van der Waals surface area contributed by atoms with E-state index in [2.05, 4.69) is 27.0 Å². The first-order valence-corrected chi connectivity index (χ1v) is 8.76. The van der Waals surface area contributed by atoms with E-state index in [0.717, 1.165) is 16.5 Å². The molecule has 0 aliphatic heterocycles. The number of rotatable bonds is 4. The minimum atomic E-state index is -0.439. The van der Waals surface area contributed by atoms with Gasteiger partial charge in [0.2, 0.25) is 0 Å². The summed E-state index contributed by atoms with van der Waals surface area (Å²) in [6.07, 6.45) is 6.84. The third kappa shape index (κ3) is 3.07. The van der Waals surface area contributed by atoms with Crippen molar-refractivity contribution in [2.24, 2.45) is 5.92 Å². The summed E-state index contributed by atoms with van der Waals surface area (Å²) >= 11 is 3.88.